The fourth-order valence-electron chi connectivity index (χ4n) is 2.35. The summed E-state index contributed by atoms with van der Waals surface area (Å²) in [5, 5.41) is 3.46. The van der Waals surface area contributed by atoms with E-state index < -0.39 is 0 Å². The zero-order valence-corrected chi connectivity index (χ0v) is 12.1. The van der Waals surface area contributed by atoms with E-state index in [9.17, 15) is 0 Å². The topological polar surface area (TPSA) is 28.2 Å². The van der Waals surface area contributed by atoms with Crippen molar-refractivity contribution in [2.75, 3.05) is 31.6 Å². The lowest BCUT2D eigenvalue weighted by molar-refractivity contribution is 0.380. The number of hydrogen-bond donors (Lipinski definition) is 1. The molecule has 2 rings (SSSR count). The van der Waals surface area contributed by atoms with Gasteiger partial charge < -0.3 is 10.2 Å². The second-order valence-corrected chi connectivity index (χ2v) is 5.65. The van der Waals surface area contributed by atoms with E-state index in [0.29, 0.717) is 0 Å². The van der Waals surface area contributed by atoms with Crippen LogP contribution < -0.4 is 10.2 Å². The Bertz CT molecular complexity index is 375. The molecule has 1 aromatic rings. The molecule has 17 heavy (non-hydrogen) atoms. The first-order chi connectivity index (χ1) is 8.18. The molecule has 94 valence electrons. The van der Waals surface area contributed by atoms with E-state index in [1.165, 1.54) is 24.9 Å². The second kappa shape index (κ2) is 5.83. The number of nitrogens with one attached hydrogen (secondary N) is 1. The Morgan fingerprint density at radius 2 is 2.41 bits per heavy atom. The van der Waals surface area contributed by atoms with Crippen molar-refractivity contribution in [2.24, 2.45) is 5.92 Å². The average molecular weight is 298 g/mol. The summed E-state index contributed by atoms with van der Waals surface area (Å²) in [5.41, 5.74) is 1.24. The molecule has 1 unspecified atom stereocenters. The van der Waals surface area contributed by atoms with Crippen LogP contribution in [0.1, 0.15) is 18.4 Å². The van der Waals surface area contributed by atoms with Gasteiger partial charge in [0, 0.05) is 19.8 Å². The average Bonchev–Trinajstić information content (AvgIpc) is 2.34. The van der Waals surface area contributed by atoms with Crippen LogP contribution in [0.4, 0.5) is 5.82 Å². The predicted molar refractivity (Wildman–Crippen MR) is 75.5 cm³/mol. The van der Waals surface area contributed by atoms with Crippen LogP contribution in [-0.2, 0) is 0 Å². The van der Waals surface area contributed by atoms with E-state index in [4.69, 9.17) is 0 Å². The summed E-state index contributed by atoms with van der Waals surface area (Å²) in [6.45, 7) is 5.48. The molecule has 0 spiro atoms. The van der Waals surface area contributed by atoms with Crippen LogP contribution in [0.2, 0.25) is 0 Å². The number of nitrogens with zero attached hydrogens (tertiary/aromatic N) is 2. The van der Waals surface area contributed by atoms with Gasteiger partial charge in [0.1, 0.15) is 5.82 Å². The number of pyridine rings is 1. The molecule has 1 aliphatic heterocycles. The number of hydrogen-bond acceptors (Lipinski definition) is 3. The van der Waals surface area contributed by atoms with Gasteiger partial charge in [-0.05, 0) is 66.3 Å². The minimum absolute atomic E-state index is 0.739. The summed E-state index contributed by atoms with van der Waals surface area (Å²) in [4.78, 5) is 6.72. The third kappa shape index (κ3) is 3.19. The largest absolute Gasteiger partial charge is 0.358 e. The highest BCUT2D eigenvalue weighted by Crippen LogP contribution is 2.27. The van der Waals surface area contributed by atoms with Crippen LogP contribution in [0, 0.1) is 12.8 Å². The Hall–Kier alpha value is -0.610. The van der Waals surface area contributed by atoms with Gasteiger partial charge in [-0.25, -0.2) is 4.98 Å². The van der Waals surface area contributed by atoms with Gasteiger partial charge in [0.05, 0.1) is 4.47 Å². The highest BCUT2D eigenvalue weighted by molar-refractivity contribution is 9.10. The molecule has 1 saturated heterocycles. The molecule has 2 heterocycles. The Morgan fingerprint density at radius 1 is 1.59 bits per heavy atom. The van der Waals surface area contributed by atoms with Gasteiger partial charge in [-0.2, -0.15) is 0 Å². The van der Waals surface area contributed by atoms with E-state index in [0.717, 1.165) is 29.3 Å². The van der Waals surface area contributed by atoms with Gasteiger partial charge in [0.25, 0.3) is 0 Å². The van der Waals surface area contributed by atoms with Crippen molar-refractivity contribution >= 4 is 21.7 Å². The van der Waals surface area contributed by atoms with Crippen molar-refractivity contribution < 1.29 is 0 Å². The van der Waals surface area contributed by atoms with Gasteiger partial charge in [-0.15, -0.1) is 0 Å². The number of piperidine rings is 1. The zero-order valence-electron chi connectivity index (χ0n) is 10.5. The molecule has 0 aromatic carbocycles. The summed E-state index contributed by atoms with van der Waals surface area (Å²) in [6, 6.07) is 2.03. The van der Waals surface area contributed by atoms with Gasteiger partial charge >= 0.3 is 0 Å². The Kier molecular flexibility index (Phi) is 4.40. The van der Waals surface area contributed by atoms with E-state index in [1.54, 1.807) is 0 Å². The minimum Gasteiger partial charge on any atom is -0.358 e. The van der Waals surface area contributed by atoms with Crippen molar-refractivity contribution in [3.05, 3.63) is 22.3 Å². The first kappa shape index (κ1) is 12.8. The van der Waals surface area contributed by atoms with Crippen molar-refractivity contribution in [3.8, 4) is 0 Å². The summed E-state index contributed by atoms with van der Waals surface area (Å²) in [5.74, 6) is 1.79. The third-order valence-electron chi connectivity index (χ3n) is 3.36. The van der Waals surface area contributed by atoms with Crippen LogP contribution in [0.15, 0.2) is 16.7 Å². The maximum absolute atomic E-state index is 4.46. The number of aryl methyl sites for hydroxylation is 1. The molecule has 0 amide bonds. The number of halogens is 1. The predicted octanol–water partition coefficient (Wildman–Crippen LogP) is 2.59. The smallest absolute Gasteiger partial charge is 0.142 e. The molecule has 0 bridgehead atoms. The molecule has 0 saturated carbocycles. The lowest BCUT2D eigenvalue weighted by atomic mass is 9.99. The fourth-order valence-corrected chi connectivity index (χ4v) is 2.88. The molecule has 1 atom stereocenters. The van der Waals surface area contributed by atoms with Gasteiger partial charge in [0.2, 0.25) is 0 Å². The van der Waals surface area contributed by atoms with Gasteiger partial charge in [0.15, 0.2) is 0 Å². The molecule has 4 heteroatoms. The van der Waals surface area contributed by atoms with Crippen LogP contribution >= 0.6 is 15.9 Å². The highest BCUT2D eigenvalue weighted by Gasteiger charge is 2.17. The van der Waals surface area contributed by atoms with Gasteiger partial charge in [-0.1, -0.05) is 0 Å². The molecule has 0 radical (unpaired) electrons. The monoisotopic (exact) mass is 297 g/mol. The molecule has 0 aliphatic carbocycles. The maximum Gasteiger partial charge on any atom is 0.142 e. The lowest BCUT2D eigenvalue weighted by Gasteiger charge is -2.29. The fraction of sp³-hybridized carbons (Fsp3) is 0.615. The van der Waals surface area contributed by atoms with Crippen molar-refractivity contribution in [2.45, 2.75) is 19.8 Å². The van der Waals surface area contributed by atoms with Crippen molar-refractivity contribution in [1.82, 2.24) is 10.3 Å². The molecule has 1 aromatic heterocycles. The molecular weight excluding hydrogens is 278 g/mol. The minimum atomic E-state index is 0.739. The lowest BCUT2D eigenvalue weighted by Crippen LogP contribution is -2.37. The molecular formula is C13H20BrN3. The zero-order chi connectivity index (χ0) is 12.3. The Labute approximate surface area is 112 Å². The standard InChI is InChI=1S/C13H20BrN3/c1-10-5-7-16-13(12(10)14)17(2)9-11-4-3-6-15-8-11/h5,7,11,15H,3-4,6,8-9H2,1-2H3. The molecule has 3 nitrogen and oxygen atoms in total. The molecule has 1 N–H and O–H groups in total. The van der Waals surface area contributed by atoms with E-state index in [-0.39, 0.29) is 0 Å². The third-order valence-corrected chi connectivity index (χ3v) is 4.34. The Morgan fingerprint density at radius 3 is 3.12 bits per heavy atom. The maximum atomic E-state index is 4.46. The second-order valence-electron chi connectivity index (χ2n) is 4.86. The van der Waals surface area contributed by atoms with E-state index in [2.05, 4.69) is 45.1 Å². The quantitative estimate of drug-likeness (QED) is 0.929. The number of rotatable bonds is 3. The number of anilines is 1. The van der Waals surface area contributed by atoms with Crippen LogP contribution in [-0.4, -0.2) is 31.7 Å². The summed E-state index contributed by atoms with van der Waals surface area (Å²) < 4.78 is 1.12. The summed E-state index contributed by atoms with van der Waals surface area (Å²) >= 11 is 3.63. The molecule has 1 aliphatic rings. The van der Waals surface area contributed by atoms with Crippen molar-refractivity contribution in [3.63, 3.8) is 0 Å². The van der Waals surface area contributed by atoms with Crippen LogP contribution in [0.25, 0.3) is 0 Å². The number of aromatic nitrogens is 1. The first-order valence-electron chi connectivity index (χ1n) is 6.21. The van der Waals surface area contributed by atoms with Crippen molar-refractivity contribution in [1.29, 1.82) is 0 Å². The Balaban J connectivity index is 2.03. The normalized spacial score (nSPS) is 20.3. The summed E-state index contributed by atoms with van der Waals surface area (Å²) in [6.07, 6.45) is 4.49. The highest BCUT2D eigenvalue weighted by atomic mass is 79.9. The van der Waals surface area contributed by atoms with Crippen LogP contribution in [0.3, 0.4) is 0 Å². The summed E-state index contributed by atoms with van der Waals surface area (Å²) in [7, 11) is 2.13. The van der Waals surface area contributed by atoms with E-state index >= 15 is 0 Å². The van der Waals surface area contributed by atoms with Crippen LogP contribution in [0.5, 0.6) is 0 Å². The molecule has 1 fully saturated rings. The van der Waals surface area contributed by atoms with E-state index in [1.807, 2.05) is 12.3 Å². The first-order valence-corrected chi connectivity index (χ1v) is 7.00. The van der Waals surface area contributed by atoms with Gasteiger partial charge in [-0.3, -0.25) is 0 Å². The SMILES string of the molecule is Cc1ccnc(N(C)CC2CCCNC2)c1Br.